The fraction of sp³-hybridized carbons (Fsp3) is 0.0758. The second-order valence-corrected chi connectivity index (χ2v) is 21.2. The Morgan fingerprint density at radius 2 is 0.914 bits per heavy atom. The quantitative estimate of drug-likeness (QED) is 0.136. The molecule has 13 rings (SSSR count). The Morgan fingerprint density at radius 3 is 1.67 bits per heavy atom. The number of rotatable bonds is 8. The minimum atomic E-state index is -0.945. The summed E-state index contributed by atoms with van der Waals surface area (Å²) in [6.07, 6.45) is 0.819. The molecule has 11 aromatic rings. The average Bonchev–Trinajstić information content (AvgIpc) is 4.01. The number of nitrogens with zero attached hydrogens (tertiary/aromatic N) is 3. The molecule has 0 radical (unpaired) electrons. The Labute approximate surface area is 414 Å². The topological polar surface area (TPSA) is 37.1 Å². The Kier molecular flexibility index (Phi) is 10.2. The molecule has 0 bridgehead atoms. The van der Waals surface area contributed by atoms with Gasteiger partial charge in [0.25, 0.3) is 0 Å². The van der Waals surface area contributed by atoms with Gasteiger partial charge in [0.2, 0.25) is 0 Å². The third-order valence-electron chi connectivity index (χ3n) is 15.3. The van der Waals surface area contributed by atoms with Crippen LogP contribution in [0.5, 0.6) is 0 Å². The summed E-state index contributed by atoms with van der Waals surface area (Å²) in [5.41, 5.74) is 19.0. The zero-order valence-corrected chi connectivity index (χ0v) is 40.7. The fourth-order valence-electron chi connectivity index (χ4n) is 11.8. The van der Waals surface area contributed by atoms with Crippen molar-refractivity contribution in [3.63, 3.8) is 0 Å². The van der Waals surface area contributed by atoms with E-state index in [1.54, 1.807) is 0 Å². The molecule has 10 aromatic carbocycles. The minimum absolute atomic E-state index is 0.144. The molecule has 1 aliphatic carbocycles. The molecule has 2 unspecified atom stereocenters. The Morgan fingerprint density at radius 1 is 0.386 bits per heavy atom. The van der Waals surface area contributed by atoms with Gasteiger partial charge in [0.15, 0.2) is 0 Å². The summed E-state index contributed by atoms with van der Waals surface area (Å²) >= 11 is 0.144. The first-order valence-corrected chi connectivity index (χ1v) is 25.9. The van der Waals surface area contributed by atoms with Gasteiger partial charge in [-0.15, -0.1) is 0 Å². The summed E-state index contributed by atoms with van der Waals surface area (Å²) in [4.78, 5) is 0. The van der Waals surface area contributed by atoms with Gasteiger partial charge in [0.05, 0.1) is 0 Å². The Balaban J connectivity index is 1.20. The monoisotopic (exact) mass is 961 g/mol. The molecule has 2 aliphatic rings. The SMILES string of the molecule is CC1(c2cccc3c2Cc2ccccc2-3)N=NN=C(c2c(-c3ccccc3)ccc(-c3ccccc3-c3ccccc3)c2-c2cccc3[se]c4ccccc4c23)C1(C)c1ccccc1-c1ccccc1. The van der Waals surface area contributed by atoms with Gasteiger partial charge in [-0.25, -0.2) is 0 Å². The van der Waals surface area contributed by atoms with E-state index in [9.17, 15) is 0 Å². The predicted molar refractivity (Wildman–Crippen MR) is 293 cm³/mol. The Bertz CT molecular complexity index is 3890. The number of hydrogen-bond acceptors (Lipinski definition) is 3. The van der Waals surface area contributed by atoms with Crippen molar-refractivity contribution in [1.82, 2.24) is 0 Å². The first-order chi connectivity index (χ1) is 34.5. The van der Waals surface area contributed by atoms with Crippen LogP contribution in [0.2, 0.25) is 0 Å². The van der Waals surface area contributed by atoms with Crippen molar-refractivity contribution >= 4 is 39.5 Å². The summed E-state index contributed by atoms with van der Waals surface area (Å²) in [5, 5.41) is 18.6. The number of fused-ring (bicyclic) bond motifs is 6. The maximum absolute atomic E-state index is 5.52. The van der Waals surface area contributed by atoms with Gasteiger partial charge in [-0.1, -0.05) is 30.3 Å². The van der Waals surface area contributed by atoms with Gasteiger partial charge in [0.1, 0.15) is 0 Å². The van der Waals surface area contributed by atoms with Crippen LogP contribution in [0.4, 0.5) is 0 Å². The van der Waals surface area contributed by atoms with Crippen molar-refractivity contribution in [2.45, 2.75) is 31.2 Å². The van der Waals surface area contributed by atoms with Gasteiger partial charge in [0, 0.05) is 0 Å². The van der Waals surface area contributed by atoms with Crippen LogP contribution in [0, 0.1) is 0 Å². The van der Waals surface area contributed by atoms with E-state index in [0.717, 1.165) is 67.8 Å². The van der Waals surface area contributed by atoms with Crippen molar-refractivity contribution in [2.24, 2.45) is 15.4 Å². The van der Waals surface area contributed by atoms with E-state index < -0.39 is 11.0 Å². The number of hydrogen-bond donors (Lipinski definition) is 0. The van der Waals surface area contributed by atoms with E-state index in [4.69, 9.17) is 15.4 Å². The van der Waals surface area contributed by atoms with Gasteiger partial charge in [-0.05, 0) is 0 Å². The first-order valence-electron chi connectivity index (χ1n) is 24.2. The molecule has 0 amide bonds. The van der Waals surface area contributed by atoms with Crippen molar-refractivity contribution in [1.29, 1.82) is 0 Å². The third kappa shape index (κ3) is 6.52. The predicted octanol–water partition coefficient (Wildman–Crippen LogP) is 17.0. The van der Waals surface area contributed by atoms with E-state index in [2.05, 4.69) is 250 Å². The van der Waals surface area contributed by atoms with Crippen molar-refractivity contribution in [3.8, 4) is 66.8 Å². The van der Waals surface area contributed by atoms with Gasteiger partial charge >= 0.3 is 387 Å². The summed E-state index contributed by atoms with van der Waals surface area (Å²) in [6, 6.07) is 86.8. The summed E-state index contributed by atoms with van der Waals surface area (Å²) in [5.74, 6) is 0. The van der Waals surface area contributed by atoms with Crippen LogP contribution in [-0.4, -0.2) is 20.2 Å². The molecule has 4 heteroatoms. The van der Waals surface area contributed by atoms with Crippen LogP contribution in [0.3, 0.4) is 0 Å². The maximum atomic E-state index is 5.52. The van der Waals surface area contributed by atoms with E-state index in [1.165, 1.54) is 58.2 Å². The van der Waals surface area contributed by atoms with Crippen LogP contribution in [-0.2, 0) is 17.4 Å². The molecule has 1 aromatic heterocycles. The molecular weight excluding hydrogens is 914 g/mol. The standard InChI is InChI=1S/C66H47N3Se/c1-65(57-36-18-16-31-49(57)44-24-8-4-9-25-44)64(67-69-68-66(65,2)58-37-20-34-52-48-30-13-12-28-46(48)42-56(52)58)63-50(45-26-10-5-11-27-45)40-41-53(51-32-15-14-29-47(51)43-22-6-3-7-23-43)62(63)55-35-21-39-60-61(55)54-33-17-19-38-59(54)70-60/h3-41H,42H2,1-2H3. The zero-order valence-electron chi connectivity index (χ0n) is 39.0. The van der Waals surface area contributed by atoms with E-state index in [-0.39, 0.29) is 14.5 Å². The molecule has 2 heterocycles. The summed E-state index contributed by atoms with van der Waals surface area (Å²) in [6.45, 7) is 4.73. The van der Waals surface area contributed by atoms with Crippen LogP contribution in [0.15, 0.2) is 252 Å². The van der Waals surface area contributed by atoms with Gasteiger partial charge < -0.3 is 0 Å². The second-order valence-electron chi connectivity index (χ2n) is 18.9. The van der Waals surface area contributed by atoms with E-state index in [0.29, 0.717) is 0 Å². The zero-order chi connectivity index (χ0) is 46.8. The molecule has 1 aliphatic heterocycles. The van der Waals surface area contributed by atoms with E-state index >= 15 is 0 Å². The van der Waals surface area contributed by atoms with Crippen molar-refractivity contribution in [3.05, 3.63) is 264 Å². The van der Waals surface area contributed by atoms with Gasteiger partial charge in [-0.3, -0.25) is 0 Å². The van der Waals surface area contributed by atoms with Crippen LogP contribution in [0.25, 0.3) is 86.1 Å². The first kappa shape index (κ1) is 42.1. The van der Waals surface area contributed by atoms with Crippen LogP contribution < -0.4 is 0 Å². The number of benzene rings is 10. The fourth-order valence-corrected chi connectivity index (χ4v) is 14.2. The van der Waals surface area contributed by atoms with Crippen LogP contribution in [0.1, 0.15) is 41.7 Å². The molecule has 70 heavy (non-hydrogen) atoms. The normalized spacial score (nSPS) is 17.1. The van der Waals surface area contributed by atoms with Crippen molar-refractivity contribution < 1.29 is 0 Å². The van der Waals surface area contributed by atoms with Crippen molar-refractivity contribution in [2.75, 3.05) is 0 Å². The molecule has 0 spiro atoms. The molecule has 0 N–H and O–H groups in total. The van der Waals surface area contributed by atoms with E-state index in [1.807, 2.05) is 0 Å². The summed E-state index contributed by atoms with van der Waals surface area (Å²) in [7, 11) is 0. The molecule has 332 valence electrons. The molecule has 3 nitrogen and oxygen atoms in total. The average molecular weight is 961 g/mol. The second kappa shape index (κ2) is 16.9. The molecule has 2 atom stereocenters. The molecule has 0 saturated heterocycles. The molecule has 0 saturated carbocycles. The van der Waals surface area contributed by atoms with Crippen LogP contribution >= 0.6 is 0 Å². The summed E-state index contributed by atoms with van der Waals surface area (Å²) < 4.78 is 2.79. The molecule has 0 fully saturated rings. The third-order valence-corrected chi connectivity index (χ3v) is 17.6. The Hall–Kier alpha value is -8.01. The van der Waals surface area contributed by atoms with Gasteiger partial charge in [-0.2, -0.15) is 0 Å². The molecular formula is C66H47N3Se.